The average Bonchev–Trinajstić information content (AvgIpc) is 3.58. The lowest BCUT2D eigenvalue weighted by Crippen LogP contribution is -2.44. The Labute approximate surface area is 284 Å². The fraction of sp³-hybridized carbons (Fsp3) is 0.256. The van der Waals surface area contributed by atoms with Gasteiger partial charge in [0.05, 0.1) is 11.3 Å². The van der Waals surface area contributed by atoms with E-state index in [1.807, 2.05) is 30.0 Å². The molecule has 4 aromatic carbocycles. The molecule has 1 aliphatic rings. The molecule has 2 heterocycles. The van der Waals surface area contributed by atoms with Crippen LogP contribution in [0.4, 0.5) is 13.6 Å². The second kappa shape index (κ2) is 15.1. The Bertz CT molecular complexity index is 1700. The zero-order valence-electron chi connectivity index (χ0n) is 26.7. The van der Waals surface area contributed by atoms with Gasteiger partial charge in [-0.05, 0) is 53.3 Å². The van der Waals surface area contributed by atoms with E-state index < -0.39 is 34.6 Å². The lowest BCUT2D eigenvalue weighted by molar-refractivity contribution is 0.105. The highest BCUT2D eigenvalue weighted by atomic mass is 32.2. The smallest absolute Gasteiger partial charge is 0.408 e. The Balaban J connectivity index is 1.39. The molecule has 0 spiro atoms. The molecule has 3 atom stereocenters. The molecule has 2 N–H and O–H groups in total. The van der Waals surface area contributed by atoms with Crippen LogP contribution in [0.2, 0.25) is 0 Å². The summed E-state index contributed by atoms with van der Waals surface area (Å²) in [5.74, 6) is -0.993. The van der Waals surface area contributed by atoms with E-state index in [-0.39, 0.29) is 17.4 Å². The van der Waals surface area contributed by atoms with Gasteiger partial charge in [0.2, 0.25) is 0 Å². The molecule has 1 aliphatic heterocycles. The average molecular weight is 665 g/mol. The number of aromatic nitrogens is 2. The van der Waals surface area contributed by atoms with Gasteiger partial charge < -0.3 is 10.4 Å². The quantitative estimate of drug-likeness (QED) is 0.131. The third kappa shape index (κ3) is 7.12. The molecular weight excluding hydrogens is 627 g/mol. The first kappa shape index (κ1) is 33.3. The molecule has 0 saturated carbocycles. The van der Waals surface area contributed by atoms with Crippen LogP contribution in [0.1, 0.15) is 59.4 Å². The van der Waals surface area contributed by atoms with Crippen LogP contribution in [-0.2, 0) is 17.7 Å². The molecule has 1 saturated heterocycles. The van der Waals surface area contributed by atoms with Gasteiger partial charge in [-0.2, -0.15) is 0 Å². The van der Waals surface area contributed by atoms with Crippen molar-refractivity contribution in [2.75, 3.05) is 6.54 Å². The summed E-state index contributed by atoms with van der Waals surface area (Å²) in [6, 6.07) is 33.1. The Morgan fingerprint density at radius 1 is 0.917 bits per heavy atom. The highest BCUT2D eigenvalue weighted by molar-refractivity contribution is 8.01. The molecule has 9 heteroatoms. The van der Waals surface area contributed by atoms with Crippen molar-refractivity contribution < 1.29 is 18.7 Å². The fourth-order valence-corrected chi connectivity index (χ4v) is 8.44. The van der Waals surface area contributed by atoms with E-state index in [4.69, 9.17) is 0 Å². The summed E-state index contributed by atoms with van der Waals surface area (Å²) in [7, 11) is 0. The molecule has 3 unspecified atom stereocenters. The number of carbonyl (C=O) groups is 1. The summed E-state index contributed by atoms with van der Waals surface area (Å²) >= 11 is 1.83. The number of benzene rings is 4. The Kier molecular flexibility index (Phi) is 10.5. The van der Waals surface area contributed by atoms with Gasteiger partial charge in [0.25, 0.3) is 0 Å². The number of nitrogens with one attached hydrogen (secondary N) is 1. The van der Waals surface area contributed by atoms with Crippen LogP contribution in [0.5, 0.6) is 0 Å². The van der Waals surface area contributed by atoms with Crippen molar-refractivity contribution in [1.29, 1.82) is 0 Å². The predicted octanol–water partition coefficient (Wildman–Crippen LogP) is 8.38. The Hall–Kier alpha value is -4.60. The number of rotatable bonds is 12. The maximum absolute atomic E-state index is 14.9. The van der Waals surface area contributed by atoms with Gasteiger partial charge in [-0.1, -0.05) is 104 Å². The minimum atomic E-state index is -1.27. The number of nitrogens with zero attached hydrogens (tertiary/aromatic N) is 3. The Morgan fingerprint density at radius 2 is 1.48 bits per heavy atom. The fourth-order valence-electron chi connectivity index (χ4n) is 6.64. The second-order valence-corrected chi connectivity index (χ2v) is 13.6. The van der Waals surface area contributed by atoms with Crippen LogP contribution in [0.25, 0.3) is 0 Å². The van der Waals surface area contributed by atoms with E-state index in [0.717, 1.165) is 58.2 Å². The first-order valence-corrected chi connectivity index (χ1v) is 17.1. The summed E-state index contributed by atoms with van der Waals surface area (Å²) in [6.45, 7) is 2.30. The Morgan fingerprint density at radius 3 is 2.00 bits per heavy atom. The van der Waals surface area contributed by atoms with Crippen molar-refractivity contribution in [3.8, 4) is 0 Å². The summed E-state index contributed by atoms with van der Waals surface area (Å²) < 4.78 is 28.5. The van der Waals surface area contributed by atoms with Crippen LogP contribution in [0.15, 0.2) is 122 Å². The molecule has 1 fully saturated rings. The monoisotopic (exact) mass is 664 g/mol. The van der Waals surface area contributed by atoms with Crippen molar-refractivity contribution in [3.05, 3.63) is 167 Å². The first-order chi connectivity index (χ1) is 23.4. The van der Waals surface area contributed by atoms with E-state index in [9.17, 15) is 18.7 Å². The number of hydrogen-bond donors (Lipinski definition) is 2. The second-order valence-electron chi connectivity index (χ2n) is 12.1. The van der Waals surface area contributed by atoms with Gasteiger partial charge in [0.1, 0.15) is 17.7 Å². The van der Waals surface area contributed by atoms with Crippen LogP contribution in [0.3, 0.4) is 0 Å². The van der Waals surface area contributed by atoms with E-state index in [2.05, 4.69) is 95.0 Å². The molecule has 1 aromatic heterocycles. The van der Waals surface area contributed by atoms with E-state index in [0.29, 0.717) is 18.8 Å². The highest BCUT2D eigenvalue weighted by Crippen LogP contribution is 2.52. The lowest BCUT2D eigenvalue weighted by atomic mass is 9.84. The van der Waals surface area contributed by atoms with Crippen molar-refractivity contribution >= 4 is 17.9 Å². The van der Waals surface area contributed by atoms with Gasteiger partial charge >= 0.3 is 6.09 Å². The van der Waals surface area contributed by atoms with Crippen LogP contribution in [-0.4, -0.2) is 43.9 Å². The van der Waals surface area contributed by atoms with Gasteiger partial charge in [-0.3, -0.25) is 4.90 Å². The standard InChI is InChI=1S/C39H38F2N4O2S/c1-2-12-27-23-43-37(44-24-27)36(45(38(46)47)26-28-21-32(40)19-20-34(28)41)35-22-33(25-42-35)48-39(29-13-6-3-7-14-29,30-15-8-4-9-16-30)31-17-10-5-11-18-31/h3-11,13-21,23-24,33,35-36,42H,2,12,22,25-26H2,1H3,(H,46,47). The molecule has 48 heavy (non-hydrogen) atoms. The molecule has 0 aliphatic carbocycles. The number of hydrogen-bond acceptors (Lipinski definition) is 5. The zero-order chi connectivity index (χ0) is 33.5. The SMILES string of the molecule is CCCc1cnc(C(C2CC(SC(c3ccccc3)(c3ccccc3)c3ccccc3)CN2)N(Cc2cc(F)ccc2F)C(=O)O)nc1. The number of amides is 1. The first-order valence-electron chi connectivity index (χ1n) is 16.2. The van der Waals surface area contributed by atoms with Gasteiger partial charge in [0.15, 0.2) is 5.82 Å². The molecule has 0 bridgehead atoms. The third-order valence-corrected chi connectivity index (χ3v) is 10.6. The summed E-state index contributed by atoms with van der Waals surface area (Å²) in [4.78, 5) is 23.3. The third-order valence-electron chi connectivity index (χ3n) is 8.85. The number of aryl methyl sites for hydroxylation is 1. The van der Waals surface area contributed by atoms with Crippen LogP contribution < -0.4 is 5.32 Å². The number of halogens is 2. The maximum Gasteiger partial charge on any atom is 0.408 e. The minimum Gasteiger partial charge on any atom is -0.465 e. The van der Waals surface area contributed by atoms with E-state index in [1.165, 1.54) is 0 Å². The van der Waals surface area contributed by atoms with Gasteiger partial charge in [-0.25, -0.2) is 23.5 Å². The number of thioether (sulfide) groups is 1. The predicted molar refractivity (Wildman–Crippen MR) is 186 cm³/mol. The largest absolute Gasteiger partial charge is 0.465 e. The number of carboxylic acid groups (broad SMARTS) is 1. The highest BCUT2D eigenvalue weighted by Gasteiger charge is 2.44. The molecule has 1 amide bonds. The lowest BCUT2D eigenvalue weighted by Gasteiger charge is -2.37. The van der Waals surface area contributed by atoms with E-state index in [1.54, 1.807) is 12.4 Å². The van der Waals surface area contributed by atoms with Crippen molar-refractivity contribution in [2.24, 2.45) is 0 Å². The summed E-state index contributed by atoms with van der Waals surface area (Å²) in [5.41, 5.74) is 4.30. The van der Waals surface area contributed by atoms with Gasteiger partial charge in [-0.15, -0.1) is 11.8 Å². The molecule has 246 valence electrons. The van der Waals surface area contributed by atoms with Crippen molar-refractivity contribution in [3.63, 3.8) is 0 Å². The molecule has 5 aromatic rings. The minimum absolute atomic E-state index is 0.0408. The zero-order valence-corrected chi connectivity index (χ0v) is 27.5. The molecule has 0 radical (unpaired) electrons. The summed E-state index contributed by atoms with van der Waals surface area (Å²) in [6.07, 6.45) is 4.49. The van der Waals surface area contributed by atoms with Crippen molar-refractivity contribution in [1.82, 2.24) is 20.2 Å². The van der Waals surface area contributed by atoms with Crippen LogP contribution in [0, 0.1) is 11.6 Å². The van der Waals surface area contributed by atoms with Crippen molar-refractivity contribution in [2.45, 2.75) is 54.8 Å². The van der Waals surface area contributed by atoms with E-state index >= 15 is 0 Å². The molecule has 6 nitrogen and oxygen atoms in total. The summed E-state index contributed by atoms with van der Waals surface area (Å²) in [5, 5.41) is 14.2. The molecule has 6 rings (SSSR count). The van der Waals surface area contributed by atoms with Gasteiger partial charge in [0, 0.05) is 35.8 Å². The normalized spacial score (nSPS) is 16.8. The topological polar surface area (TPSA) is 78.4 Å². The molecular formula is C39H38F2N4O2S. The van der Waals surface area contributed by atoms with Crippen LogP contribution >= 0.6 is 11.8 Å². The maximum atomic E-state index is 14.9.